The van der Waals surface area contributed by atoms with Crippen LogP contribution in [-0.2, 0) is 0 Å². The van der Waals surface area contributed by atoms with Gasteiger partial charge in [0.15, 0.2) is 0 Å². The van der Waals surface area contributed by atoms with Crippen molar-refractivity contribution in [2.24, 2.45) is 0 Å². The first kappa shape index (κ1) is 10.6. The number of anilines is 1. The topological polar surface area (TPSA) is 41.4 Å². The summed E-state index contributed by atoms with van der Waals surface area (Å²) in [5.41, 5.74) is 2.27. The van der Waals surface area contributed by atoms with Crippen molar-refractivity contribution >= 4 is 11.3 Å². The van der Waals surface area contributed by atoms with Gasteiger partial charge in [-0.2, -0.15) is 0 Å². The standard InChI is InChI=1S/C13H18N4/c1-14-13-12-6-4-8-17(12)9-11(16-13)10-5-2-3-7-15-10/h4,6,8-10,15H,2-3,5,7H2,1H3,(H,14,16)/t10-/m1/s1. The Hall–Kier alpha value is -1.55. The molecule has 3 rings (SSSR count). The normalized spacial score (nSPS) is 20.6. The molecule has 0 saturated carbocycles. The van der Waals surface area contributed by atoms with Crippen molar-refractivity contribution in [2.45, 2.75) is 25.3 Å². The van der Waals surface area contributed by atoms with Gasteiger partial charge in [-0.3, -0.25) is 0 Å². The van der Waals surface area contributed by atoms with Gasteiger partial charge in [-0.25, -0.2) is 4.98 Å². The average molecular weight is 230 g/mol. The Morgan fingerprint density at radius 1 is 1.47 bits per heavy atom. The highest BCUT2D eigenvalue weighted by atomic mass is 15.1. The van der Waals surface area contributed by atoms with Crippen LogP contribution in [0.3, 0.4) is 0 Å². The summed E-state index contributed by atoms with van der Waals surface area (Å²) < 4.78 is 2.14. The maximum absolute atomic E-state index is 4.72. The lowest BCUT2D eigenvalue weighted by Gasteiger charge is -2.23. The third kappa shape index (κ3) is 1.89. The average Bonchev–Trinajstić information content (AvgIpc) is 2.86. The summed E-state index contributed by atoms with van der Waals surface area (Å²) in [5.74, 6) is 0.958. The van der Waals surface area contributed by atoms with E-state index in [4.69, 9.17) is 4.98 Å². The second-order valence-corrected chi connectivity index (χ2v) is 4.57. The molecule has 0 bridgehead atoms. The van der Waals surface area contributed by atoms with E-state index in [9.17, 15) is 0 Å². The molecule has 1 saturated heterocycles. The molecule has 0 aliphatic carbocycles. The van der Waals surface area contributed by atoms with Crippen molar-refractivity contribution in [3.63, 3.8) is 0 Å². The Morgan fingerprint density at radius 3 is 3.18 bits per heavy atom. The third-order valence-electron chi connectivity index (χ3n) is 3.44. The van der Waals surface area contributed by atoms with Crippen LogP contribution in [0.1, 0.15) is 31.0 Å². The van der Waals surface area contributed by atoms with E-state index in [2.05, 4.69) is 39.6 Å². The molecule has 1 aliphatic rings. The summed E-state index contributed by atoms with van der Waals surface area (Å²) in [6.45, 7) is 1.10. The summed E-state index contributed by atoms with van der Waals surface area (Å²) in [7, 11) is 1.92. The number of hydrogen-bond acceptors (Lipinski definition) is 3. The predicted octanol–water partition coefficient (Wildman–Crippen LogP) is 2.19. The van der Waals surface area contributed by atoms with Crippen molar-refractivity contribution in [3.8, 4) is 0 Å². The first-order chi connectivity index (χ1) is 8.38. The van der Waals surface area contributed by atoms with Gasteiger partial charge >= 0.3 is 0 Å². The molecule has 0 unspecified atom stereocenters. The van der Waals surface area contributed by atoms with Crippen LogP contribution in [0.5, 0.6) is 0 Å². The van der Waals surface area contributed by atoms with Crippen molar-refractivity contribution in [3.05, 3.63) is 30.2 Å². The lowest BCUT2D eigenvalue weighted by molar-refractivity contribution is 0.404. The molecule has 0 spiro atoms. The minimum Gasteiger partial charge on any atom is -0.371 e. The van der Waals surface area contributed by atoms with Crippen LogP contribution in [0.4, 0.5) is 5.82 Å². The second kappa shape index (κ2) is 4.37. The lowest BCUT2D eigenvalue weighted by Crippen LogP contribution is -2.27. The molecule has 4 nitrogen and oxygen atoms in total. The molecule has 2 N–H and O–H groups in total. The molecule has 90 valence electrons. The summed E-state index contributed by atoms with van der Waals surface area (Å²) in [4.78, 5) is 4.72. The van der Waals surface area contributed by atoms with Gasteiger partial charge < -0.3 is 15.0 Å². The van der Waals surface area contributed by atoms with E-state index < -0.39 is 0 Å². The van der Waals surface area contributed by atoms with Gasteiger partial charge in [-0.15, -0.1) is 0 Å². The molecule has 1 atom stereocenters. The highest BCUT2D eigenvalue weighted by Gasteiger charge is 2.17. The van der Waals surface area contributed by atoms with Gasteiger partial charge in [0.25, 0.3) is 0 Å². The molecule has 0 amide bonds. The number of aromatic nitrogens is 2. The molecule has 2 aromatic heterocycles. The van der Waals surface area contributed by atoms with E-state index in [0.29, 0.717) is 6.04 Å². The Balaban J connectivity index is 2.03. The minimum absolute atomic E-state index is 0.405. The van der Waals surface area contributed by atoms with Crippen molar-refractivity contribution in [1.82, 2.24) is 14.7 Å². The molecule has 17 heavy (non-hydrogen) atoms. The molecular formula is C13H18N4. The fourth-order valence-corrected chi connectivity index (χ4v) is 2.52. The van der Waals surface area contributed by atoms with Crippen molar-refractivity contribution < 1.29 is 0 Å². The predicted molar refractivity (Wildman–Crippen MR) is 69.3 cm³/mol. The third-order valence-corrected chi connectivity index (χ3v) is 3.44. The van der Waals surface area contributed by atoms with E-state index in [0.717, 1.165) is 23.6 Å². The number of hydrogen-bond donors (Lipinski definition) is 2. The molecule has 2 aromatic rings. The number of nitrogens with zero attached hydrogens (tertiary/aromatic N) is 2. The summed E-state index contributed by atoms with van der Waals surface area (Å²) in [6.07, 6.45) is 7.96. The van der Waals surface area contributed by atoms with Crippen LogP contribution in [0.15, 0.2) is 24.5 Å². The van der Waals surface area contributed by atoms with Gasteiger partial charge in [0.2, 0.25) is 0 Å². The highest BCUT2D eigenvalue weighted by Crippen LogP contribution is 2.24. The zero-order valence-electron chi connectivity index (χ0n) is 10.1. The number of rotatable bonds is 2. The van der Waals surface area contributed by atoms with E-state index in [-0.39, 0.29) is 0 Å². The molecule has 1 fully saturated rings. The highest BCUT2D eigenvalue weighted by molar-refractivity contribution is 5.68. The summed E-state index contributed by atoms with van der Waals surface area (Å²) in [6, 6.07) is 4.54. The first-order valence-electron chi connectivity index (χ1n) is 6.27. The van der Waals surface area contributed by atoms with Gasteiger partial charge in [0.1, 0.15) is 5.82 Å². The van der Waals surface area contributed by atoms with Gasteiger partial charge in [-0.05, 0) is 31.5 Å². The number of nitrogens with one attached hydrogen (secondary N) is 2. The van der Waals surface area contributed by atoms with Crippen molar-refractivity contribution in [2.75, 3.05) is 18.9 Å². The van der Waals surface area contributed by atoms with E-state index in [1.807, 2.05) is 7.05 Å². The maximum Gasteiger partial charge on any atom is 0.150 e. The monoisotopic (exact) mass is 230 g/mol. The summed E-state index contributed by atoms with van der Waals surface area (Å²) >= 11 is 0. The van der Waals surface area contributed by atoms with Gasteiger partial charge in [0, 0.05) is 19.4 Å². The molecule has 4 heteroatoms. The van der Waals surface area contributed by atoms with E-state index in [1.165, 1.54) is 19.3 Å². The van der Waals surface area contributed by atoms with Crippen LogP contribution in [0.2, 0.25) is 0 Å². The van der Waals surface area contributed by atoms with Gasteiger partial charge in [0.05, 0.1) is 17.3 Å². The minimum atomic E-state index is 0.405. The second-order valence-electron chi connectivity index (χ2n) is 4.57. The quantitative estimate of drug-likeness (QED) is 0.831. The fourth-order valence-electron chi connectivity index (χ4n) is 2.52. The van der Waals surface area contributed by atoms with Crippen LogP contribution in [-0.4, -0.2) is 23.0 Å². The first-order valence-corrected chi connectivity index (χ1v) is 6.27. The largest absolute Gasteiger partial charge is 0.371 e. The Morgan fingerprint density at radius 2 is 2.41 bits per heavy atom. The van der Waals surface area contributed by atoms with E-state index >= 15 is 0 Å². The number of fused-ring (bicyclic) bond motifs is 1. The van der Waals surface area contributed by atoms with Crippen molar-refractivity contribution in [1.29, 1.82) is 0 Å². The molecule has 1 aliphatic heterocycles. The summed E-state index contributed by atoms with van der Waals surface area (Å²) in [5, 5.41) is 6.72. The smallest absolute Gasteiger partial charge is 0.150 e. The van der Waals surface area contributed by atoms with Crippen LogP contribution in [0.25, 0.3) is 5.52 Å². The lowest BCUT2D eigenvalue weighted by atomic mass is 10.0. The number of piperidine rings is 1. The molecule has 0 radical (unpaired) electrons. The maximum atomic E-state index is 4.72. The van der Waals surface area contributed by atoms with Crippen LogP contribution < -0.4 is 10.6 Å². The Labute approximate surface area is 101 Å². The molecular weight excluding hydrogens is 212 g/mol. The zero-order valence-corrected chi connectivity index (χ0v) is 10.1. The molecule has 0 aromatic carbocycles. The van der Waals surface area contributed by atoms with Crippen LogP contribution >= 0.6 is 0 Å². The van der Waals surface area contributed by atoms with E-state index in [1.54, 1.807) is 0 Å². The van der Waals surface area contributed by atoms with Gasteiger partial charge in [-0.1, -0.05) is 6.42 Å². The fraction of sp³-hybridized carbons (Fsp3) is 0.462. The Kier molecular flexibility index (Phi) is 2.73. The van der Waals surface area contributed by atoms with Crippen LogP contribution in [0, 0.1) is 0 Å². The zero-order chi connectivity index (χ0) is 11.7. The SMILES string of the molecule is CNc1nc([C@H]2CCCCN2)cn2cccc12. The Bertz CT molecular complexity index is 511. The molecule has 3 heterocycles.